The molecular weight excluding hydrogens is 497 g/mol. The Morgan fingerprint density at radius 1 is 1.11 bits per heavy atom. The number of anilines is 2. The molecule has 0 saturated heterocycles. The zero-order valence-electron chi connectivity index (χ0n) is 18.2. The summed E-state index contributed by atoms with van der Waals surface area (Å²) in [4.78, 5) is 27.5. The molecule has 0 aliphatic carbocycles. The Bertz CT molecular complexity index is 1430. The molecular formula is C24H17F3N4O4S. The van der Waals surface area contributed by atoms with Gasteiger partial charge in [0.25, 0.3) is 0 Å². The number of thiazole rings is 1. The monoisotopic (exact) mass is 514 g/mol. The molecule has 0 atom stereocenters. The Morgan fingerprint density at radius 2 is 1.92 bits per heavy atom. The number of aromatic carboxylic acids is 1. The van der Waals surface area contributed by atoms with Gasteiger partial charge in [0.15, 0.2) is 5.13 Å². The molecule has 12 heteroatoms. The number of carboxylic acids is 1. The highest BCUT2D eigenvalue weighted by Gasteiger charge is 2.30. The molecule has 2 heterocycles. The number of benzene rings is 2. The summed E-state index contributed by atoms with van der Waals surface area (Å²) >= 11 is 1.15. The number of carbonyl (C=O) groups is 2. The van der Waals surface area contributed by atoms with Gasteiger partial charge in [-0.15, -0.1) is 11.3 Å². The quantitative estimate of drug-likeness (QED) is 0.210. The highest BCUT2D eigenvalue weighted by Crippen LogP contribution is 2.32. The third kappa shape index (κ3) is 6.36. The molecule has 4 rings (SSSR count). The first-order chi connectivity index (χ1) is 17.2. The van der Waals surface area contributed by atoms with E-state index in [1.165, 1.54) is 30.5 Å². The average Bonchev–Trinajstić information content (AvgIpc) is 3.48. The lowest BCUT2D eigenvalue weighted by atomic mass is 10.1. The van der Waals surface area contributed by atoms with Gasteiger partial charge in [-0.2, -0.15) is 18.3 Å². The van der Waals surface area contributed by atoms with E-state index in [1.54, 1.807) is 29.6 Å². The number of halogens is 3. The summed E-state index contributed by atoms with van der Waals surface area (Å²) < 4.78 is 44.2. The normalized spacial score (nSPS) is 11.5. The second kappa shape index (κ2) is 10.4. The number of carbonyl (C=O) groups excluding carboxylic acids is 1. The minimum absolute atomic E-state index is 0.0938. The second-order valence-electron chi connectivity index (χ2n) is 7.41. The number of hydrogen-bond donors (Lipinski definition) is 3. The molecule has 36 heavy (non-hydrogen) atoms. The molecule has 0 saturated carbocycles. The van der Waals surface area contributed by atoms with Crippen molar-refractivity contribution >= 4 is 40.2 Å². The zero-order valence-corrected chi connectivity index (χ0v) is 19.1. The van der Waals surface area contributed by atoms with Gasteiger partial charge in [0.05, 0.1) is 29.5 Å². The summed E-state index contributed by atoms with van der Waals surface area (Å²) in [5, 5.41) is 17.7. The molecule has 0 aliphatic heterocycles. The van der Waals surface area contributed by atoms with Crippen molar-refractivity contribution in [3.8, 4) is 11.3 Å². The molecule has 0 bridgehead atoms. The van der Waals surface area contributed by atoms with E-state index < -0.39 is 23.6 Å². The first kappa shape index (κ1) is 24.7. The zero-order chi connectivity index (χ0) is 25.7. The van der Waals surface area contributed by atoms with E-state index in [0.29, 0.717) is 27.9 Å². The lowest BCUT2D eigenvalue weighted by Crippen LogP contribution is -2.19. The number of furan rings is 1. The summed E-state index contributed by atoms with van der Waals surface area (Å²) in [6, 6.07) is 14.3. The number of hydrogen-bond acceptors (Lipinski definition) is 7. The van der Waals surface area contributed by atoms with Gasteiger partial charge in [0.1, 0.15) is 11.5 Å². The van der Waals surface area contributed by atoms with E-state index in [4.69, 9.17) is 9.52 Å². The van der Waals surface area contributed by atoms with Crippen molar-refractivity contribution in [1.82, 2.24) is 10.4 Å². The van der Waals surface area contributed by atoms with Gasteiger partial charge in [-0.1, -0.05) is 18.2 Å². The van der Waals surface area contributed by atoms with Crippen LogP contribution in [-0.4, -0.2) is 28.2 Å². The lowest BCUT2D eigenvalue weighted by Gasteiger charge is -2.08. The van der Waals surface area contributed by atoms with Crippen molar-refractivity contribution in [2.45, 2.75) is 12.6 Å². The fourth-order valence-electron chi connectivity index (χ4n) is 3.10. The smallest absolute Gasteiger partial charge is 0.416 e. The predicted molar refractivity (Wildman–Crippen MR) is 127 cm³/mol. The van der Waals surface area contributed by atoms with Crippen molar-refractivity contribution in [3.63, 3.8) is 0 Å². The van der Waals surface area contributed by atoms with E-state index in [0.717, 1.165) is 23.5 Å². The Labute approximate surface area is 206 Å². The van der Waals surface area contributed by atoms with Gasteiger partial charge < -0.3 is 14.8 Å². The summed E-state index contributed by atoms with van der Waals surface area (Å²) in [6.45, 7) is 0. The molecule has 0 radical (unpaired) electrons. The van der Waals surface area contributed by atoms with Crippen molar-refractivity contribution < 1.29 is 32.3 Å². The van der Waals surface area contributed by atoms with Crippen LogP contribution in [0.5, 0.6) is 0 Å². The van der Waals surface area contributed by atoms with Crippen LogP contribution in [-0.2, 0) is 17.4 Å². The average molecular weight is 514 g/mol. The van der Waals surface area contributed by atoms with Crippen LogP contribution in [0.2, 0.25) is 0 Å². The molecule has 0 fully saturated rings. The van der Waals surface area contributed by atoms with Crippen molar-refractivity contribution in [2.75, 3.05) is 5.32 Å². The summed E-state index contributed by atoms with van der Waals surface area (Å²) in [6.07, 6.45) is -3.25. The first-order valence-corrected chi connectivity index (χ1v) is 11.2. The van der Waals surface area contributed by atoms with Crippen LogP contribution in [0, 0.1) is 0 Å². The fraction of sp³-hybridized carbons (Fsp3) is 0.0833. The van der Waals surface area contributed by atoms with Gasteiger partial charge in [0, 0.05) is 16.6 Å². The van der Waals surface area contributed by atoms with E-state index >= 15 is 0 Å². The molecule has 8 nitrogen and oxygen atoms in total. The Balaban J connectivity index is 1.31. The van der Waals surface area contributed by atoms with Gasteiger partial charge in [-0.05, 0) is 42.5 Å². The molecule has 184 valence electrons. The Kier molecular flexibility index (Phi) is 7.15. The minimum atomic E-state index is -4.45. The minimum Gasteiger partial charge on any atom is -0.478 e. The third-order valence-corrected chi connectivity index (χ3v) is 5.54. The SMILES string of the molecule is O=C(Cc1csc(Nc2cccc(C(F)(F)F)c2)n1)N/N=C\c1ccc(-c2cccc(C(=O)O)c2)o1. The van der Waals surface area contributed by atoms with Crippen LogP contribution in [0.3, 0.4) is 0 Å². The topological polar surface area (TPSA) is 117 Å². The van der Waals surface area contributed by atoms with Crippen LogP contribution >= 0.6 is 11.3 Å². The fourth-order valence-corrected chi connectivity index (χ4v) is 3.83. The number of nitrogens with one attached hydrogen (secondary N) is 2. The van der Waals surface area contributed by atoms with Crippen molar-refractivity contribution in [1.29, 1.82) is 0 Å². The Hall–Kier alpha value is -4.45. The van der Waals surface area contributed by atoms with Crippen LogP contribution in [0.25, 0.3) is 11.3 Å². The highest BCUT2D eigenvalue weighted by molar-refractivity contribution is 7.13. The second-order valence-corrected chi connectivity index (χ2v) is 8.26. The predicted octanol–water partition coefficient (Wildman–Crippen LogP) is 5.56. The van der Waals surface area contributed by atoms with E-state index in [1.807, 2.05) is 0 Å². The van der Waals surface area contributed by atoms with Gasteiger partial charge >= 0.3 is 12.1 Å². The molecule has 0 spiro atoms. The van der Waals surface area contributed by atoms with E-state index in [9.17, 15) is 22.8 Å². The maximum absolute atomic E-state index is 12.9. The molecule has 1 amide bonds. The number of carboxylic acid groups (broad SMARTS) is 1. The molecule has 2 aromatic carbocycles. The highest BCUT2D eigenvalue weighted by atomic mass is 32.1. The van der Waals surface area contributed by atoms with Crippen LogP contribution in [0.1, 0.15) is 27.4 Å². The van der Waals surface area contributed by atoms with Crippen LogP contribution in [0.4, 0.5) is 24.0 Å². The van der Waals surface area contributed by atoms with Crippen molar-refractivity contribution in [3.05, 3.63) is 88.6 Å². The van der Waals surface area contributed by atoms with Gasteiger partial charge in [0.2, 0.25) is 5.91 Å². The summed E-state index contributed by atoms with van der Waals surface area (Å²) in [7, 11) is 0. The standard InChI is InChI=1S/C24H17F3N4O4S/c25-24(26,27)16-5-2-6-17(10-16)29-23-30-18(13-36-23)11-21(32)31-28-12-19-7-8-20(35-19)14-3-1-4-15(9-14)22(33)34/h1-10,12-13H,11H2,(H,29,30)(H,31,32)(H,33,34)/b28-12-. The third-order valence-electron chi connectivity index (χ3n) is 4.74. The number of amides is 1. The van der Waals surface area contributed by atoms with Crippen LogP contribution < -0.4 is 10.7 Å². The number of hydrazone groups is 1. The Morgan fingerprint density at radius 3 is 2.69 bits per heavy atom. The first-order valence-electron chi connectivity index (χ1n) is 10.3. The van der Waals surface area contributed by atoms with Gasteiger partial charge in [-0.3, -0.25) is 4.79 Å². The maximum Gasteiger partial charge on any atom is 0.416 e. The number of rotatable bonds is 8. The van der Waals surface area contributed by atoms with E-state index in [-0.39, 0.29) is 17.7 Å². The molecule has 0 unspecified atom stereocenters. The van der Waals surface area contributed by atoms with Crippen molar-refractivity contribution in [2.24, 2.45) is 5.10 Å². The number of alkyl halides is 3. The maximum atomic E-state index is 12.9. The lowest BCUT2D eigenvalue weighted by molar-refractivity contribution is -0.137. The van der Waals surface area contributed by atoms with Crippen LogP contribution in [0.15, 0.2) is 75.6 Å². The van der Waals surface area contributed by atoms with E-state index in [2.05, 4.69) is 20.8 Å². The summed E-state index contributed by atoms with van der Waals surface area (Å²) in [5.74, 6) is -0.726. The largest absolute Gasteiger partial charge is 0.478 e. The molecule has 0 aliphatic rings. The summed E-state index contributed by atoms with van der Waals surface area (Å²) in [5.41, 5.74) is 2.92. The number of aromatic nitrogens is 1. The molecule has 2 aromatic heterocycles. The van der Waals surface area contributed by atoms with Gasteiger partial charge in [-0.25, -0.2) is 15.2 Å². The molecule has 4 aromatic rings. The molecule has 3 N–H and O–H groups in total. The number of nitrogens with zero attached hydrogens (tertiary/aromatic N) is 2.